The molecule has 1 unspecified atom stereocenters. The second-order valence-corrected chi connectivity index (χ2v) is 8.46. The van der Waals surface area contributed by atoms with Crippen LogP contribution < -0.4 is 20.1 Å². The topological polar surface area (TPSA) is 106 Å². The maximum absolute atomic E-state index is 12.9. The Balaban J connectivity index is 1.35. The van der Waals surface area contributed by atoms with Crippen molar-refractivity contribution in [2.24, 2.45) is 0 Å². The Morgan fingerprint density at radius 1 is 1.09 bits per heavy atom. The molecule has 3 heterocycles. The Hall–Kier alpha value is -3.66. The van der Waals surface area contributed by atoms with E-state index in [9.17, 15) is 14.4 Å². The molecule has 0 saturated heterocycles. The minimum absolute atomic E-state index is 0.0573. The van der Waals surface area contributed by atoms with Gasteiger partial charge in [-0.25, -0.2) is 9.59 Å². The fraction of sp³-hybridized carbons (Fsp3) is 0.261. The highest BCUT2D eigenvalue weighted by atomic mass is 32.2. The number of carbonyl (C=O) groups is 3. The number of amides is 3. The van der Waals surface area contributed by atoms with Gasteiger partial charge in [0.15, 0.2) is 11.5 Å². The fourth-order valence-electron chi connectivity index (χ4n) is 3.99. The standard InChI is InChI=1S/C23H21N3O6S/c1-33-15-5-2-13(3-6-15)21-20-16(12-32-22(20)28)26(23(29)25-21)11-19(27)24-14-4-7-17-18(10-14)31-9-8-30-17/h2-7,10,21H,8-9,11-12H2,1H3,(H,24,27)(H,25,29). The van der Waals surface area contributed by atoms with Crippen LogP contribution in [0.4, 0.5) is 10.5 Å². The summed E-state index contributed by atoms with van der Waals surface area (Å²) in [6, 6.07) is 11.6. The zero-order valence-corrected chi connectivity index (χ0v) is 18.6. The molecule has 1 atom stereocenters. The van der Waals surface area contributed by atoms with Gasteiger partial charge in [-0.3, -0.25) is 9.69 Å². The van der Waals surface area contributed by atoms with E-state index in [1.54, 1.807) is 30.0 Å². The van der Waals surface area contributed by atoms with E-state index < -0.39 is 23.9 Å². The van der Waals surface area contributed by atoms with Gasteiger partial charge >= 0.3 is 12.0 Å². The molecule has 0 spiro atoms. The number of cyclic esters (lactones) is 1. The number of benzene rings is 2. The zero-order valence-electron chi connectivity index (χ0n) is 17.8. The van der Waals surface area contributed by atoms with Crippen molar-refractivity contribution >= 4 is 35.4 Å². The van der Waals surface area contributed by atoms with Gasteiger partial charge in [0, 0.05) is 16.6 Å². The van der Waals surface area contributed by atoms with Gasteiger partial charge in [0.2, 0.25) is 5.91 Å². The normalized spacial score (nSPS) is 19.1. The van der Waals surface area contributed by atoms with Crippen LogP contribution in [0, 0.1) is 0 Å². The predicted molar refractivity (Wildman–Crippen MR) is 120 cm³/mol. The van der Waals surface area contributed by atoms with Gasteiger partial charge in [0.05, 0.1) is 17.3 Å². The maximum Gasteiger partial charge on any atom is 0.338 e. The molecule has 3 aliphatic rings. The zero-order chi connectivity index (χ0) is 22.9. The highest BCUT2D eigenvalue weighted by molar-refractivity contribution is 7.98. The van der Waals surface area contributed by atoms with E-state index in [0.717, 1.165) is 10.5 Å². The number of urea groups is 1. The number of nitrogens with zero attached hydrogens (tertiary/aromatic N) is 1. The molecule has 2 N–H and O–H groups in total. The van der Waals surface area contributed by atoms with Gasteiger partial charge in [0.1, 0.15) is 26.4 Å². The maximum atomic E-state index is 12.9. The van der Waals surface area contributed by atoms with Gasteiger partial charge in [-0.2, -0.15) is 0 Å². The summed E-state index contributed by atoms with van der Waals surface area (Å²) in [4.78, 5) is 40.5. The number of carbonyl (C=O) groups excluding carboxylic acids is 3. The van der Waals surface area contributed by atoms with Crippen LogP contribution in [-0.2, 0) is 14.3 Å². The summed E-state index contributed by atoms with van der Waals surface area (Å²) in [7, 11) is 0. The Bertz CT molecular complexity index is 1160. The number of esters is 1. The number of rotatable bonds is 5. The lowest BCUT2D eigenvalue weighted by molar-refractivity contribution is -0.136. The first-order valence-corrected chi connectivity index (χ1v) is 11.6. The monoisotopic (exact) mass is 467 g/mol. The van der Waals surface area contributed by atoms with E-state index in [1.807, 2.05) is 30.5 Å². The van der Waals surface area contributed by atoms with E-state index in [4.69, 9.17) is 14.2 Å². The predicted octanol–water partition coefficient (Wildman–Crippen LogP) is 2.70. The quantitative estimate of drug-likeness (QED) is 0.514. The highest BCUT2D eigenvalue weighted by Crippen LogP contribution is 2.36. The first-order valence-electron chi connectivity index (χ1n) is 10.3. The number of ether oxygens (including phenoxy) is 3. The van der Waals surface area contributed by atoms with E-state index in [1.165, 1.54) is 4.90 Å². The van der Waals surface area contributed by atoms with E-state index >= 15 is 0 Å². The van der Waals surface area contributed by atoms with Crippen molar-refractivity contribution in [3.05, 3.63) is 59.3 Å². The largest absolute Gasteiger partial charge is 0.486 e. The number of anilines is 1. The highest BCUT2D eigenvalue weighted by Gasteiger charge is 2.42. The molecular formula is C23H21N3O6S. The van der Waals surface area contributed by atoms with E-state index in [0.29, 0.717) is 41.7 Å². The summed E-state index contributed by atoms with van der Waals surface area (Å²) < 4.78 is 16.2. The Kier molecular flexibility index (Phi) is 5.59. The molecule has 3 amide bonds. The Morgan fingerprint density at radius 3 is 2.61 bits per heavy atom. The fourth-order valence-corrected chi connectivity index (χ4v) is 4.40. The molecule has 2 aromatic rings. The van der Waals surface area contributed by atoms with Crippen LogP contribution in [0.2, 0.25) is 0 Å². The van der Waals surface area contributed by atoms with Crippen LogP contribution in [0.5, 0.6) is 11.5 Å². The molecule has 0 aromatic heterocycles. The molecule has 9 nitrogen and oxygen atoms in total. The molecule has 5 rings (SSSR count). The summed E-state index contributed by atoms with van der Waals surface area (Å²) in [6.07, 6.45) is 1.97. The lowest BCUT2D eigenvalue weighted by atomic mass is 9.96. The van der Waals surface area contributed by atoms with Crippen molar-refractivity contribution in [3.8, 4) is 11.5 Å². The van der Waals surface area contributed by atoms with Crippen molar-refractivity contribution in [2.45, 2.75) is 10.9 Å². The van der Waals surface area contributed by atoms with Crippen LogP contribution in [-0.4, -0.2) is 55.4 Å². The van der Waals surface area contributed by atoms with Crippen LogP contribution >= 0.6 is 11.8 Å². The molecule has 0 fully saturated rings. The van der Waals surface area contributed by atoms with E-state index in [2.05, 4.69) is 10.6 Å². The van der Waals surface area contributed by atoms with Gasteiger partial charge in [0.25, 0.3) is 0 Å². The average molecular weight is 468 g/mol. The number of thioether (sulfide) groups is 1. The van der Waals surface area contributed by atoms with Gasteiger partial charge in [-0.1, -0.05) is 12.1 Å². The molecule has 10 heteroatoms. The second-order valence-electron chi connectivity index (χ2n) is 7.58. The van der Waals surface area contributed by atoms with E-state index in [-0.39, 0.29) is 13.2 Å². The van der Waals surface area contributed by atoms with Crippen molar-refractivity contribution in [3.63, 3.8) is 0 Å². The van der Waals surface area contributed by atoms with Crippen molar-refractivity contribution in [2.75, 3.05) is 37.9 Å². The average Bonchev–Trinajstić information content (AvgIpc) is 3.22. The van der Waals surface area contributed by atoms with Gasteiger partial charge < -0.3 is 24.8 Å². The van der Waals surface area contributed by atoms with Gasteiger partial charge in [-0.05, 0) is 36.1 Å². The second kappa shape index (κ2) is 8.70. The third kappa shape index (κ3) is 4.09. The molecule has 0 aliphatic carbocycles. The lowest BCUT2D eigenvalue weighted by Crippen LogP contribution is -2.49. The SMILES string of the molecule is CSc1ccc(C2NC(=O)N(CC(=O)Nc3ccc4c(c3)OCCO4)C3=C2C(=O)OC3)cc1. The number of nitrogens with one attached hydrogen (secondary N) is 2. The molecule has 2 aromatic carbocycles. The molecule has 33 heavy (non-hydrogen) atoms. The lowest BCUT2D eigenvalue weighted by Gasteiger charge is -2.32. The van der Waals surface area contributed by atoms with Crippen molar-refractivity contribution in [1.82, 2.24) is 10.2 Å². The third-order valence-corrected chi connectivity index (χ3v) is 6.32. The molecular weight excluding hydrogens is 446 g/mol. The Morgan fingerprint density at radius 2 is 1.85 bits per heavy atom. The third-order valence-electron chi connectivity index (χ3n) is 5.58. The minimum Gasteiger partial charge on any atom is -0.486 e. The summed E-state index contributed by atoms with van der Waals surface area (Å²) in [6.45, 7) is 0.584. The smallest absolute Gasteiger partial charge is 0.338 e. The summed E-state index contributed by atoms with van der Waals surface area (Å²) >= 11 is 1.60. The Labute approximate surface area is 194 Å². The minimum atomic E-state index is -0.629. The molecule has 0 saturated carbocycles. The first kappa shape index (κ1) is 21.2. The van der Waals surface area contributed by atoms with Crippen LogP contribution in [0.3, 0.4) is 0 Å². The van der Waals surface area contributed by atoms with Gasteiger partial charge in [-0.15, -0.1) is 11.8 Å². The number of hydrogen-bond acceptors (Lipinski definition) is 7. The molecule has 170 valence electrons. The summed E-state index contributed by atoms with van der Waals surface area (Å²) in [5.74, 6) is 0.240. The number of fused-ring (bicyclic) bond motifs is 1. The molecule has 0 radical (unpaired) electrons. The molecule has 0 bridgehead atoms. The number of hydrogen-bond donors (Lipinski definition) is 2. The van der Waals surface area contributed by atoms with Crippen LogP contribution in [0.25, 0.3) is 0 Å². The summed E-state index contributed by atoms with van der Waals surface area (Å²) in [5, 5.41) is 5.60. The summed E-state index contributed by atoms with van der Waals surface area (Å²) in [5.41, 5.74) is 2.04. The first-order chi connectivity index (χ1) is 16.0. The van der Waals surface area contributed by atoms with Crippen molar-refractivity contribution in [1.29, 1.82) is 0 Å². The van der Waals surface area contributed by atoms with Crippen LogP contribution in [0.15, 0.2) is 58.6 Å². The molecule has 3 aliphatic heterocycles. The van der Waals surface area contributed by atoms with Crippen LogP contribution in [0.1, 0.15) is 11.6 Å². The van der Waals surface area contributed by atoms with Crippen molar-refractivity contribution < 1.29 is 28.6 Å².